The summed E-state index contributed by atoms with van der Waals surface area (Å²) in [7, 11) is 0. The Hall–Kier alpha value is -2.07. The third kappa shape index (κ3) is 3.69. The van der Waals surface area contributed by atoms with Crippen molar-refractivity contribution >= 4 is 28.9 Å². The number of nitrogens with two attached hydrogens (primary N) is 1. The maximum atomic E-state index is 11.9. The molecule has 0 aliphatic rings. The van der Waals surface area contributed by atoms with Gasteiger partial charge in [0.25, 0.3) is 0 Å². The van der Waals surface area contributed by atoms with Crippen molar-refractivity contribution in [2.24, 2.45) is 0 Å². The highest BCUT2D eigenvalue weighted by Gasteiger charge is 2.08. The lowest BCUT2D eigenvalue weighted by Crippen LogP contribution is -2.15. The number of pyridine rings is 1. The standard InChI is InChI=1S/C14H14ClN3O/c1-9-2-5-12(15)13(6-9)18-14(19)7-11-4-3-10(16)8-17-11/h2-6,8H,7,16H2,1H3,(H,18,19). The van der Waals surface area contributed by atoms with E-state index in [1.165, 1.54) is 6.20 Å². The van der Waals surface area contributed by atoms with Gasteiger partial charge in [-0.3, -0.25) is 9.78 Å². The first-order valence-corrected chi connectivity index (χ1v) is 6.19. The van der Waals surface area contributed by atoms with Gasteiger partial charge in [0.1, 0.15) is 0 Å². The van der Waals surface area contributed by atoms with E-state index in [9.17, 15) is 4.79 Å². The van der Waals surface area contributed by atoms with E-state index in [0.29, 0.717) is 22.1 Å². The number of rotatable bonds is 3. The lowest BCUT2D eigenvalue weighted by molar-refractivity contribution is -0.115. The molecule has 0 atom stereocenters. The zero-order chi connectivity index (χ0) is 13.8. The second kappa shape index (κ2) is 5.71. The predicted octanol–water partition coefficient (Wildman–Crippen LogP) is 2.81. The normalized spacial score (nSPS) is 10.2. The van der Waals surface area contributed by atoms with Gasteiger partial charge in [-0.1, -0.05) is 17.7 Å². The highest BCUT2D eigenvalue weighted by molar-refractivity contribution is 6.33. The van der Waals surface area contributed by atoms with Crippen LogP contribution in [0.5, 0.6) is 0 Å². The molecule has 1 aromatic heterocycles. The molecule has 0 aliphatic heterocycles. The summed E-state index contributed by atoms with van der Waals surface area (Å²) in [5.41, 5.74) is 8.42. The van der Waals surface area contributed by atoms with Gasteiger partial charge < -0.3 is 11.1 Å². The summed E-state index contributed by atoms with van der Waals surface area (Å²) >= 11 is 6.02. The molecule has 1 amide bonds. The van der Waals surface area contributed by atoms with Crippen molar-refractivity contribution < 1.29 is 4.79 Å². The highest BCUT2D eigenvalue weighted by Crippen LogP contribution is 2.22. The third-order valence-electron chi connectivity index (χ3n) is 2.59. The molecule has 2 rings (SSSR count). The molecule has 0 spiro atoms. The number of carbonyl (C=O) groups is 1. The third-order valence-corrected chi connectivity index (χ3v) is 2.91. The number of nitrogen functional groups attached to an aromatic ring is 1. The van der Waals surface area contributed by atoms with Gasteiger partial charge in [0, 0.05) is 5.69 Å². The molecule has 1 heterocycles. The molecule has 4 nitrogen and oxygen atoms in total. The molecule has 0 aliphatic carbocycles. The van der Waals surface area contributed by atoms with E-state index in [1.54, 1.807) is 18.2 Å². The van der Waals surface area contributed by atoms with Crippen LogP contribution in [-0.2, 0) is 11.2 Å². The number of benzene rings is 1. The number of nitrogens with zero attached hydrogens (tertiary/aromatic N) is 1. The van der Waals surface area contributed by atoms with Crippen LogP contribution >= 0.6 is 11.6 Å². The zero-order valence-electron chi connectivity index (χ0n) is 10.5. The molecule has 0 unspecified atom stereocenters. The van der Waals surface area contributed by atoms with Crippen LogP contribution in [0, 0.1) is 6.92 Å². The lowest BCUT2D eigenvalue weighted by Gasteiger charge is -2.08. The topological polar surface area (TPSA) is 68.0 Å². The van der Waals surface area contributed by atoms with Crippen LogP contribution < -0.4 is 11.1 Å². The molecule has 2 aromatic rings. The van der Waals surface area contributed by atoms with E-state index in [2.05, 4.69) is 10.3 Å². The van der Waals surface area contributed by atoms with Crippen molar-refractivity contribution in [1.29, 1.82) is 0 Å². The Bertz CT molecular complexity index is 596. The minimum Gasteiger partial charge on any atom is -0.397 e. The van der Waals surface area contributed by atoms with Crippen molar-refractivity contribution in [1.82, 2.24) is 4.98 Å². The van der Waals surface area contributed by atoms with Crippen molar-refractivity contribution in [3.63, 3.8) is 0 Å². The second-order valence-corrected chi connectivity index (χ2v) is 4.70. The molecular formula is C14H14ClN3O. The van der Waals surface area contributed by atoms with Crippen molar-refractivity contribution in [3.05, 3.63) is 52.8 Å². The minimum absolute atomic E-state index is 0.162. The highest BCUT2D eigenvalue weighted by atomic mass is 35.5. The van der Waals surface area contributed by atoms with E-state index in [1.807, 2.05) is 19.1 Å². The molecule has 0 saturated carbocycles. The summed E-state index contributed by atoms with van der Waals surface area (Å²) in [6, 6.07) is 8.92. The van der Waals surface area contributed by atoms with Gasteiger partial charge in [-0.25, -0.2) is 0 Å². The average Bonchev–Trinajstić information content (AvgIpc) is 2.37. The van der Waals surface area contributed by atoms with Crippen LogP contribution in [0.25, 0.3) is 0 Å². The van der Waals surface area contributed by atoms with Crippen LogP contribution in [-0.4, -0.2) is 10.9 Å². The number of anilines is 2. The second-order valence-electron chi connectivity index (χ2n) is 4.29. The summed E-state index contributed by atoms with van der Waals surface area (Å²) in [6.45, 7) is 1.94. The van der Waals surface area contributed by atoms with Crippen molar-refractivity contribution in [2.75, 3.05) is 11.1 Å². The maximum Gasteiger partial charge on any atom is 0.230 e. The first-order chi connectivity index (χ1) is 9.04. The van der Waals surface area contributed by atoms with E-state index in [4.69, 9.17) is 17.3 Å². The Balaban J connectivity index is 2.05. The van der Waals surface area contributed by atoms with Crippen LogP contribution in [0.1, 0.15) is 11.3 Å². The van der Waals surface area contributed by atoms with E-state index in [0.717, 1.165) is 5.56 Å². The van der Waals surface area contributed by atoms with E-state index in [-0.39, 0.29) is 12.3 Å². The molecule has 98 valence electrons. The van der Waals surface area contributed by atoms with Gasteiger partial charge in [0.15, 0.2) is 0 Å². The van der Waals surface area contributed by atoms with Crippen LogP contribution in [0.2, 0.25) is 5.02 Å². The molecule has 1 aromatic carbocycles. The molecule has 5 heteroatoms. The fraction of sp³-hybridized carbons (Fsp3) is 0.143. The number of amides is 1. The first-order valence-electron chi connectivity index (χ1n) is 5.81. The number of aromatic nitrogens is 1. The van der Waals surface area contributed by atoms with Gasteiger partial charge in [-0.15, -0.1) is 0 Å². The van der Waals surface area contributed by atoms with Gasteiger partial charge >= 0.3 is 0 Å². The number of halogens is 1. The smallest absolute Gasteiger partial charge is 0.230 e. The van der Waals surface area contributed by atoms with Gasteiger partial charge in [0.2, 0.25) is 5.91 Å². The van der Waals surface area contributed by atoms with Crippen LogP contribution in [0.3, 0.4) is 0 Å². The number of carbonyl (C=O) groups excluding carboxylic acids is 1. The Kier molecular flexibility index (Phi) is 4.02. The number of hydrogen-bond acceptors (Lipinski definition) is 3. The summed E-state index contributed by atoms with van der Waals surface area (Å²) in [5.74, 6) is -0.162. The fourth-order valence-electron chi connectivity index (χ4n) is 1.63. The summed E-state index contributed by atoms with van der Waals surface area (Å²) in [5, 5.41) is 3.29. The zero-order valence-corrected chi connectivity index (χ0v) is 11.2. The Morgan fingerprint density at radius 2 is 2.16 bits per heavy atom. The monoisotopic (exact) mass is 275 g/mol. The van der Waals surface area contributed by atoms with Gasteiger partial charge in [-0.2, -0.15) is 0 Å². The Labute approximate surface area is 116 Å². The fourth-order valence-corrected chi connectivity index (χ4v) is 1.80. The molecule has 0 radical (unpaired) electrons. The van der Waals surface area contributed by atoms with E-state index >= 15 is 0 Å². The minimum atomic E-state index is -0.162. The Morgan fingerprint density at radius 3 is 2.84 bits per heavy atom. The maximum absolute atomic E-state index is 11.9. The quantitative estimate of drug-likeness (QED) is 0.905. The van der Waals surface area contributed by atoms with Crippen LogP contribution in [0.4, 0.5) is 11.4 Å². The molecule has 19 heavy (non-hydrogen) atoms. The van der Waals surface area contributed by atoms with Gasteiger partial charge in [0.05, 0.1) is 29.0 Å². The van der Waals surface area contributed by atoms with E-state index < -0.39 is 0 Å². The van der Waals surface area contributed by atoms with Crippen LogP contribution in [0.15, 0.2) is 36.5 Å². The Morgan fingerprint density at radius 1 is 1.37 bits per heavy atom. The molecule has 3 N–H and O–H groups in total. The largest absolute Gasteiger partial charge is 0.397 e. The summed E-state index contributed by atoms with van der Waals surface area (Å²) in [4.78, 5) is 16.0. The lowest BCUT2D eigenvalue weighted by atomic mass is 10.2. The SMILES string of the molecule is Cc1ccc(Cl)c(NC(=O)Cc2ccc(N)cn2)c1. The van der Waals surface area contributed by atoms with Crippen molar-refractivity contribution in [3.8, 4) is 0 Å². The number of aryl methyl sites for hydroxylation is 1. The van der Waals surface area contributed by atoms with Crippen molar-refractivity contribution in [2.45, 2.75) is 13.3 Å². The molecule has 0 fully saturated rings. The molecular weight excluding hydrogens is 262 g/mol. The molecule has 0 bridgehead atoms. The molecule has 0 saturated heterocycles. The summed E-state index contributed by atoms with van der Waals surface area (Å²) in [6.07, 6.45) is 1.72. The first kappa shape index (κ1) is 13.4. The van der Waals surface area contributed by atoms with Gasteiger partial charge in [-0.05, 0) is 36.8 Å². The average molecular weight is 276 g/mol. The summed E-state index contributed by atoms with van der Waals surface area (Å²) < 4.78 is 0. The number of hydrogen-bond donors (Lipinski definition) is 2. The predicted molar refractivity (Wildman–Crippen MR) is 77.2 cm³/mol. The number of nitrogens with one attached hydrogen (secondary N) is 1.